The van der Waals surface area contributed by atoms with Crippen molar-refractivity contribution in [1.82, 2.24) is 0 Å². The maximum Gasteiger partial charge on any atom is 0.245 e. The van der Waals surface area contributed by atoms with Crippen molar-refractivity contribution >= 4 is 27.3 Å². The van der Waals surface area contributed by atoms with E-state index in [4.69, 9.17) is 9.47 Å². The number of carbonyl (C=O) groups excluding carboxylic acids is 1. The smallest absolute Gasteiger partial charge is 0.245 e. The second kappa shape index (κ2) is 9.09. The minimum Gasteiger partial charge on any atom is -0.497 e. The third kappa shape index (κ3) is 6.03. The molecule has 0 unspecified atom stereocenters. The van der Waals surface area contributed by atoms with Crippen LogP contribution in [0.1, 0.15) is 0 Å². The number of amides is 1. The lowest BCUT2D eigenvalue weighted by atomic mass is 10.3. The molecule has 0 aliphatic heterocycles. The van der Waals surface area contributed by atoms with Crippen LogP contribution in [-0.2, 0) is 14.8 Å². The highest BCUT2D eigenvalue weighted by molar-refractivity contribution is 7.92. The van der Waals surface area contributed by atoms with Crippen molar-refractivity contribution in [2.75, 3.05) is 36.1 Å². The van der Waals surface area contributed by atoms with Gasteiger partial charge in [0.1, 0.15) is 24.7 Å². The first kappa shape index (κ1) is 20.3. The molecule has 0 saturated heterocycles. The zero-order valence-electron chi connectivity index (χ0n) is 15.2. The molecule has 1 amide bonds. The maximum atomic E-state index is 12.3. The van der Waals surface area contributed by atoms with Crippen LogP contribution in [0.4, 0.5) is 11.4 Å². The Balaban J connectivity index is 2.08. The summed E-state index contributed by atoms with van der Waals surface area (Å²) in [6.07, 6.45) is 2.69. The lowest BCUT2D eigenvalue weighted by Crippen LogP contribution is -2.37. The lowest BCUT2D eigenvalue weighted by molar-refractivity contribution is -0.114. The van der Waals surface area contributed by atoms with Crippen LogP contribution in [0, 0.1) is 0 Å². The molecule has 0 aromatic heterocycles. The highest BCUT2D eigenvalue weighted by atomic mass is 32.2. The van der Waals surface area contributed by atoms with E-state index < -0.39 is 15.9 Å². The van der Waals surface area contributed by atoms with E-state index in [1.807, 2.05) is 0 Å². The van der Waals surface area contributed by atoms with E-state index in [0.29, 0.717) is 29.5 Å². The topological polar surface area (TPSA) is 84.9 Å². The van der Waals surface area contributed by atoms with Gasteiger partial charge in [0.15, 0.2) is 0 Å². The summed E-state index contributed by atoms with van der Waals surface area (Å²) in [6, 6.07) is 13.2. The molecule has 0 radical (unpaired) electrons. The molecule has 2 aromatic rings. The van der Waals surface area contributed by atoms with Crippen molar-refractivity contribution in [3.63, 3.8) is 0 Å². The van der Waals surface area contributed by atoms with Crippen LogP contribution in [0.25, 0.3) is 0 Å². The number of rotatable bonds is 9. The molecular weight excluding hydrogens is 368 g/mol. The van der Waals surface area contributed by atoms with Gasteiger partial charge in [-0.05, 0) is 48.5 Å². The van der Waals surface area contributed by atoms with E-state index >= 15 is 0 Å². The van der Waals surface area contributed by atoms with Gasteiger partial charge >= 0.3 is 0 Å². The van der Waals surface area contributed by atoms with Crippen LogP contribution in [0.3, 0.4) is 0 Å². The number of anilines is 2. The average Bonchev–Trinajstić information content (AvgIpc) is 2.65. The van der Waals surface area contributed by atoms with E-state index in [-0.39, 0.29) is 6.54 Å². The highest BCUT2D eigenvalue weighted by Gasteiger charge is 2.21. The Morgan fingerprint density at radius 3 is 2.22 bits per heavy atom. The number of sulfonamides is 1. The first-order valence-electron chi connectivity index (χ1n) is 8.09. The van der Waals surface area contributed by atoms with E-state index in [0.717, 1.165) is 10.6 Å². The molecule has 0 saturated carbocycles. The molecule has 7 nitrogen and oxygen atoms in total. The standard InChI is InChI=1S/C19H22N2O5S/c1-4-13-26-18-9-5-15(6-10-18)20-19(22)14-21(27(3,23)24)16-7-11-17(25-2)12-8-16/h4-12H,1,13-14H2,2-3H3,(H,20,22). The quantitative estimate of drug-likeness (QED) is 0.666. The van der Waals surface area contributed by atoms with Gasteiger partial charge in [-0.3, -0.25) is 9.10 Å². The van der Waals surface area contributed by atoms with Crippen LogP contribution in [0.15, 0.2) is 61.2 Å². The zero-order chi connectivity index (χ0) is 19.9. The van der Waals surface area contributed by atoms with Crippen molar-refractivity contribution in [2.24, 2.45) is 0 Å². The molecule has 144 valence electrons. The number of nitrogens with zero attached hydrogens (tertiary/aromatic N) is 1. The summed E-state index contributed by atoms with van der Waals surface area (Å²) in [4.78, 5) is 12.3. The molecule has 0 fully saturated rings. The molecule has 0 atom stereocenters. The van der Waals surface area contributed by atoms with E-state index in [9.17, 15) is 13.2 Å². The van der Waals surface area contributed by atoms with Gasteiger partial charge < -0.3 is 14.8 Å². The van der Waals surface area contributed by atoms with Crippen molar-refractivity contribution < 1.29 is 22.7 Å². The Labute approximate surface area is 159 Å². The molecule has 1 N–H and O–H groups in total. The number of nitrogens with one attached hydrogen (secondary N) is 1. The summed E-state index contributed by atoms with van der Waals surface area (Å²) in [6.45, 7) is 3.61. The summed E-state index contributed by atoms with van der Waals surface area (Å²) in [7, 11) is -2.12. The molecule has 0 bridgehead atoms. The van der Waals surface area contributed by atoms with E-state index in [2.05, 4.69) is 11.9 Å². The number of benzene rings is 2. The Bertz CT molecular complexity index is 877. The molecular formula is C19H22N2O5S. The fourth-order valence-corrected chi connectivity index (χ4v) is 3.13. The van der Waals surface area contributed by atoms with Gasteiger partial charge in [-0.15, -0.1) is 0 Å². The van der Waals surface area contributed by atoms with Gasteiger partial charge in [0.25, 0.3) is 0 Å². The number of methoxy groups -OCH3 is 1. The molecule has 0 aliphatic carbocycles. The minimum absolute atomic E-state index is 0.347. The van der Waals surface area contributed by atoms with Crippen molar-refractivity contribution in [2.45, 2.75) is 0 Å². The molecule has 0 spiro atoms. The molecule has 2 rings (SSSR count). The van der Waals surface area contributed by atoms with Crippen LogP contribution >= 0.6 is 0 Å². The second-order valence-corrected chi connectivity index (χ2v) is 7.55. The van der Waals surface area contributed by atoms with Gasteiger partial charge in [-0.25, -0.2) is 8.42 Å². The second-order valence-electron chi connectivity index (χ2n) is 5.64. The first-order valence-corrected chi connectivity index (χ1v) is 9.93. The van der Waals surface area contributed by atoms with Gasteiger partial charge in [0.05, 0.1) is 19.1 Å². The predicted molar refractivity (Wildman–Crippen MR) is 106 cm³/mol. The Hall–Kier alpha value is -3.00. The zero-order valence-corrected chi connectivity index (χ0v) is 16.0. The fraction of sp³-hybridized carbons (Fsp3) is 0.211. The number of hydrogen-bond acceptors (Lipinski definition) is 5. The van der Waals surface area contributed by atoms with Gasteiger partial charge in [0.2, 0.25) is 15.9 Å². The average molecular weight is 390 g/mol. The molecule has 2 aromatic carbocycles. The Kier molecular flexibility index (Phi) is 6.84. The maximum absolute atomic E-state index is 12.3. The third-order valence-electron chi connectivity index (χ3n) is 3.55. The van der Waals surface area contributed by atoms with Gasteiger partial charge in [0, 0.05) is 5.69 Å². The third-order valence-corrected chi connectivity index (χ3v) is 4.69. The van der Waals surface area contributed by atoms with Crippen molar-refractivity contribution in [3.8, 4) is 11.5 Å². The lowest BCUT2D eigenvalue weighted by Gasteiger charge is -2.22. The van der Waals surface area contributed by atoms with Crippen molar-refractivity contribution in [3.05, 3.63) is 61.2 Å². The van der Waals surface area contributed by atoms with Gasteiger partial charge in [-0.2, -0.15) is 0 Å². The Morgan fingerprint density at radius 2 is 1.70 bits per heavy atom. The largest absolute Gasteiger partial charge is 0.497 e. The number of hydrogen-bond donors (Lipinski definition) is 1. The van der Waals surface area contributed by atoms with Gasteiger partial charge in [-0.1, -0.05) is 12.7 Å². The summed E-state index contributed by atoms with van der Waals surface area (Å²) in [5.41, 5.74) is 0.913. The fourth-order valence-electron chi connectivity index (χ4n) is 2.27. The minimum atomic E-state index is -3.64. The van der Waals surface area contributed by atoms with Crippen LogP contribution < -0.4 is 19.1 Å². The van der Waals surface area contributed by atoms with Crippen LogP contribution in [0.5, 0.6) is 11.5 Å². The first-order chi connectivity index (χ1) is 12.8. The monoisotopic (exact) mass is 390 g/mol. The van der Waals surface area contributed by atoms with Crippen molar-refractivity contribution in [1.29, 1.82) is 0 Å². The highest BCUT2D eigenvalue weighted by Crippen LogP contribution is 2.22. The molecule has 0 heterocycles. The summed E-state index contributed by atoms with van der Waals surface area (Å²) in [5.74, 6) is 0.773. The molecule has 0 aliphatic rings. The molecule has 27 heavy (non-hydrogen) atoms. The number of ether oxygens (including phenoxy) is 2. The number of carbonyl (C=O) groups is 1. The van der Waals surface area contributed by atoms with E-state index in [1.165, 1.54) is 7.11 Å². The summed E-state index contributed by atoms with van der Waals surface area (Å²) in [5, 5.41) is 2.67. The summed E-state index contributed by atoms with van der Waals surface area (Å²) < 4.78 is 35.7. The van der Waals surface area contributed by atoms with Crippen LogP contribution in [-0.4, -0.2) is 40.8 Å². The van der Waals surface area contributed by atoms with Crippen LogP contribution in [0.2, 0.25) is 0 Å². The Morgan fingerprint density at radius 1 is 1.11 bits per heavy atom. The predicted octanol–water partition coefficient (Wildman–Crippen LogP) is 2.66. The SMILES string of the molecule is C=CCOc1ccc(NC(=O)CN(c2ccc(OC)cc2)S(C)(=O)=O)cc1. The molecule has 8 heteroatoms. The normalized spacial score (nSPS) is 10.7. The summed E-state index contributed by atoms with van der Waals surface area (Å²) >= 11 is 0. The van der Waals surface area contributed by atoms with E-state index in [1.54, 1.807) is 54.6 Å².